The first-order valence-corrected chi connectivity index (χ1v) is 6.24. The van der Waals surface area contributed by atoms with Gasteiger partial charge >= 0.3 is 5.97 Å². The molecule has 0 saturated heterocycles. The van der Waals surface area contributed by atoms with E-state index in [-0.39, 0.29) is 18.2 Å². The number of oxazole rings is 1. The van der Waals surface area contributed by atoms with Gasteiger partial charge in [-0.3, -0.25) is 0 Å². The largest absolute Gasteiger partial charge is 0.461 e. The summed E-state index contributed by atoms with van der Waals surface area (Å²) in [5.41, 5.74) is 7.42. The van der Waals surface area contributed by atoms with Gasteiger partial charge in [-0.1, -0.05) is 6.07 Å². The molecule has 1 aromatic heterocycles. The van der Waals surface area contributed by atoms with Crippen molar-refractivity contribution in [2.75, 3.05) is 31.3 Å². The fraction of sp³-hybridized carbons (Fsp3) is 0.286. The van der Waals surface area contributed by atoms with Gasteiger partial charge in [0, 0.05) is 25.3 Å². The smallest absolute Gasteiger partial charge is 0.362 e. The summed E-state index contributed by atoms with van der Waals surface area (Å²) in [5, 5.41) is 0. The number of benzene rings is 1. The molecule has 0 aliphatic heterocycles. The Balaban J connectivity index is 2.37. The quantitative estimate of drug-likeness (QED) is 0.861. The van der Waals surface area contributed by atoms with E-state index in [9.17, 15) is 4.79 Å². The minimum atomic E-state index is -0.580. The van der Waals surface area contributed by atoms with Gasteiger partial charge in [0.25, 0.3) is 0 Å². The highest BCUT2D eigenvalue weighted by Gasteiger charge is 2.20. The van der Waals surface area contributed by atoms with Crippen LogP contribution in [0.25, 0.3) is 11.5 Å². The van der Waals surface area contributed by atoms with Gasteiger partial charge in [0.05, 0.1) is 6.61 Å². The summed E-state index contributed by atoms with van der Waals surface area (Å²) in [6.45, 7) is 1.98. The van der Waals surface area contributed by atoms with Gasteiger partial charge in [-0.25, -0.2) is 4.79 Å². The Kier molecular flexibility index (Phi) is 3.93. The molecule has 1 aromatic carbocycles. The fourth-order valence-electron chi connectivity index (χ4n) is 1.72. The maximum atomic E-state index is 11.7. The third-order valence-electron chi connectivity index (χ3n) is 2.73. The average Bonchev–Trinajstić information content (AvgIpc) is 2.81. The van der Waals surface area contributed by atoms with Crippen molar-refractivity contribution in [2.24, 2.45) is 0 Å². The summed E-state index contributed by atoms with van der Waals surface area (Å²) in [6.07, 6.45) is 0. The minimum absolute atomic E-state index is 0.0112. The molecule has 0 saturated carbocycles. The second-order valence-electron chi connectivity index (χ2n) is 4.40. The van der Waals surface area contributed by atoms with Gasteiger partial charge in [0.2, 0.25) is 17.5 Å². The maximum Gasteiger partial charge on any atom is 0.362 e. The van der Waals surface area contributed by atoms with Gasteiger partial charge in [-0.2, -0.15) is 4.98 Å². The number of aromatic nitrogens is 1. The Hall–Kier alpha value is -2.50. The Morgan fingerprint density at radius 3 is 2.85 bits per heavy atom. The first-order valence-electron chi connectivity index (χ1n) is 6.24. The molecule has 0 spiro atoms. The maximum absolute atomic E-state index is 11.7. The van der Waals surface area contributed by atoms with E-state index in [0.717, 1.165) is 11.3 Å². The van der Waals surface area contributed by atoms with Crippen molar-refractivity contribution in [1.82, 2.24) is 4.98 Å². The second kappa shape index (κ2) is 5.64. The summed E-state index contributed by atoms with van der Waals surface area (Å²) in [4.78, 5) is 17.7. The van der Waals surface area contributed by atoms with Crippen LogP contribution in [0, 0.1) is 0 Å². The summed E-state index contributed by atoms with van der Waals surface area (Å²) in [5.74, 6) is -0.313. The van der Waals surface area contributed by atoms with E-state index in [0.29, 0.717) is 5.89 Å². The lowest BCUT2D eigenvalue weighted by Crippen LogP contribution is -2.08. The van der Waals surface area contributed by atoms with Crippen LogP contribution in [0.2, 0.25) is 0 Å². The van der Waals surface area contributed by atoms with Crippen LogP contribution in [0.1, 0.15) is 17.4 Å². The van der Waals surface area contributed by atoms with Crippen LogP contribution in [0.15, 0.2) is 28.7 Å². The standard InChI is InChI=1S/C14H17N3O3/c1-4-19-14(18)11-12(15)20-13(16-11)9-6-5-7-10(8-9)17(2)3/h5-8H,4,15H2,1-3H3. The summed E-state index contributed by atoms with van der Waals surface area (Å²) < 4.78 is 10.2. The van der Waals surface area contributed by atoms with Crippen molar-refractivity contribution in [1.29, 1.82) is 0 Å². The highest BCUT2D eigenvalue weighted by molar-refractivity contribution is 5.92. The molecule has 0 unspecified atom stereocenters. The van der Waals surface area contributed by atoms with Gasteiger partial charge in [0.1, 0.15) is 0 Å². The topological polar surface area (TPSA) is 81.6 Å². The summed E-state index contributed by atoms with van der Waals surface area (Å²) >= 11 is 0. The number of esters is 1. The Labute approximate surface area is 117 Å². The number of hydrogen-bond donors (Lipinski definition) is 1. The molecule has 0 fully saturated rings. The molecule has 2 N–H and O–H groups in total. The molecule has 0 amide bonds. The highest BCUT2D eigenvalue weighted by Crippen LogP contribution is 2.26. The zero-order chi connectivity index (χ0) is 14.7. The number of ether oxygens (including phenoxy) is 1. The van der Waals surface area contributed by atoms with E-state index in [1.165, 1.54) is 0 Å². The molecule has 1 heterocycles. The third-order valence-corrected chi connectivity index (χ3v) is 2.73. The number of hydrogen-bond acceptors (Lipinski definition) is 6. The number of carbonyl (C=O) groups is 1. The molecule has 106 valence electrons. The van der Waals surface area contributed by atoms with Crippen molar-refractivity contribution in [2.45, 2.75) is 6.92 Å². The number of anilines is 2. The monoisotopic (exact) mass is 275 g/mol. The van der Waals surface area contributed by atoms with Crippen LogP contribution in [0.5, 0.6) is 0 Å². The van der Waals surface area contributed by atoms with Gasteiger partial charge in [-0.05, 0) is 25.1 Å². The van der Waals surface area contributed by atoms with Crippen molar-refractivity contribution < 1.29 is 13.9 Å². The highest BCUT2D eigenvalue weighted by atomic mass is 16.5. The van der Waals surface area contributed by atoms with Crippen LogP contribution in [-0.4, -0.2) is 31.7 Å². The molecule has 0 aliphatic rings. The lowest BCUT2D eigenvalue weighted by Gasteiger charge is -2.12. The summed E-state index contributed by atoms with van der Waals surface area (Å²) in [6, 6.07) is 7.59. The fourth-order valence-corrected chi connectivity index (χ4v) is 1.72. The molecule has 0 bridgehead atoms. The second-order valence-corrected chi connectivity index (χ2v) is 4.40. The number of rotatable bonds is 4. The minimum Gasteiger partial charge on any atom is -0.461 e. The van der Waals surface area contributed by atoms with Gasteiger partial charge < -0.3 is 19.8 Å². The zero-order valence-corrected chi connectivity index (χ0v) is 11.7. The van der Waals surface area contributed by atoms with E-state index in [1.54, 1.807) is 6.92 Å². The van der Waals surface area contributed by atoms with E-state index in [4.69, 9.17) is 14.9 Å². The van der Waals surface area contributed by atoms with E-state index < -0.39 is 5.97 Å². The molecule has 6 heteroatoms. The molecule has 6 nitrogen and oxygen atoms in total. The number of nitrogens with two attached hydrogens (primary N) is 1. The molecule has 20 heavy (non-hydrogen) atoms. The van der Waals surface area contributed by atoms with Crippen LogP contribution in [0.3, 0.4) is 0 Å². The molecule has 0 atom stereocenters. The zero-order valence-electron chi connectivity index (χ0n) is 11.7. The molecule has 0 aliphatic carbocycles. The first-order chi connectivity index (χ1) is 9.52. The van der Waals surface area contributed by atoms with Crippen LogP contribution in [0.4, 0.5) is 11.6 Å². The van der Waals surface area contributed by atoms with Crippen molar-refractivity contribution in [3.63, 3.8) is 0 Å². The SMILES string of the molecule is CCOC(=O)c1nc(-c2cccc(N(C)C)c2)oc1N. The molecule has 0 radical (unpaired) electrons. The Bertz CT molecular complexity index is 620. The van der Waals surface area contributed by atoms with Gasteiger partial charge in [0.15, 0.2) is 0 Å². The van der Waals surface area contributed by atoms with E-state index >= 15 is 0 Å². The van der Waals surface area contributed by atoms with Crippen LogP contribution < -0.4 is 10.6 Å². The van der Waals surface area contributed by atoms with Crippen molar-refractivity contribution in [3.05, 3.63) is 30.0 Å². The van der Waals surface area contributed by atoms with E-state index in [1.807, 2.05) is 43.3 Å². The van der Waals surface area contributed by atoms with Crippen molar-refractivity contribution >= 4 is 17.5 Å². The number of nitrogens with zero attached hydrogens (tertiary/aromatic N) is 2. The average molecular weight is 275 g/mol. The lowest BCUT2D eigenvalue weighted by molar-refractivity contribution is 0.0521. The van der Waals surface area contributed by atoms with Crippen LogP contribution >= 0.6 is 0 Å². The van der Waals surface area contributed by atoms with E-state index in [2.05, 4.69) is 4.98 Å². The first kappa shape index (κ1) is 13.9. The number of nitrogen functional groups attached to an aromatic ring is 1. The Morgan fingerprint density at radius 2 is 2.20 bits per heavy atom. The normalized spacial score (nSPS) is 10.3. The number of carbonyl (C=O) groups excluding carboxylic acids is 1. The third kappa shape index (κ3) is 2.74. The summed E-state index contributed by atoms with van der Waals surface area (Å²) in [7, 11) is 3.88. The predicted molar refractivity (Wildman–Crippen MR) is 76.6 cm³/mol. The van der Waals surface area contributed by atoms with Crippen LogP contribution in [-0.2, 0) is 4.74 Å². The van der Waals surface area contributed by atoms with Crippen molar-refractivity contribution in [3.8, 4) is 11.5 Å². The molecule has 2 aromatic rings. The van der Waals surface area contributed by atoms with Gasteiger partial charge in [-0.15, -0.1) is 0 Å². The molecular formula is C14H17N3O3. The molecule has 2 rings (SSSR count). The predicted octanol–water partition coefficient (Wildman–Crippen LogP) is 2.17. The molecular weight excluding hydrogens is 258 g/mol. The lowest BCUT2D eigenvalue weighted by atomic mass is 10.2. The Morgan fingerprint density at radius 1 is 1.45 bits per heavy atom.